The Bertz CT molecular complexity index is 5190. The second-order valence-corrected chi connectivity index (χ2v) is 35.7. The van der Waals surface area contributed by atoms with Gasteiger partial charge in [0.05, 0.1) is 0 Å². The second kappa shape index (κ2) is 27.7. The summed E-state index contributed by atoms with van der Waals surface area (Å²) < 4.78 is 30.9. The number of nitrogens with zero attached hydrogens (tertiary/aromatic N) is 6. The van der Waals surface area contributed by atoms with Crippen LogP contribution in [0.1, 0.15) is 99.9 Å². The fourth-order valence-electron chi connectivity index (χ4n) is 14.6. The third-order valence-corrected chi connectivity index (χ3v) is 27.9. The summed E-state index contributed by atoms with van der Waals surface area (Å²) in [4.78, 5) is 36.8. The molecule has 17 rings (SSSR count). The van der Waals surface area contributed by atoms with Crippen LogP contribution in [0.15, 0.2) is 315 Å². The average Bonchev–Trinajstić information content (AvgIpc) is 1.23. The molecule has 2 aliphatic heterocycles. The number of aromatic nitrogens is 8. The quantitative estimate of drug-likeness (QED) is 0.0897. The number of nitrogens with one attached hydrogen (secondary N) is 2. The van der Waals surface area contributed by atoms with Gasteiger partial charge in [0.25, 0.3) is 0 Å². The molecule has 0 radical (unpaired) electrons. The minimum atomic E-state index is -6.01. The molecule has 0 aliphatic carbocycles. The van der Waals surface area contributed by atoms with Gasteiger partial charge in [-0.3, -0.25) is 0 Å². The summed E-state index contributed by atoms with van der Waals surface area (Å²) in [5, 5.41) is 3.82. The van der Waals surface area contributed by atoms with E-state index in [1.807, 2.05) is 146 Å². The van der Waals surface area contributed by atoms with Crippen LogP contribution in [0.25, 0.3) is 89.7 Å². The summed E-state index contributed by atoms with van der Waals surface area (Å²) in [7, 11) is 0. The van der Waals surface area contributed by atoms with Crippen molar-refractivity contribution >= 4 is 66.2 Å². The van der Waals surface area contributed by atoms with Crippen molar-refractivity contribution in [1.29, 1.82) is 0 Å². The fraction of sp³-hybridized carbons (Fsp3) is 0.130. The van der Waals surface area contributed by atoms with Gasteiger partial charge in [-0.25, -0.2) is 29.9 Å². The molecule has 13 heteroatoms. The molecule has 0 spiro atoms. The van der Waals surface area contributed by atoms with E-state index in [1.165, 1.54) is 0 Å². The first-order chi connectivity index (χ1) is 51.0. The number of para-hydroxylation sites is 4. The zero-order chi connectivity index (χ0) is 71.9. The molecular weight excluding hydrogens is 1490 g/mol. The normalized spacial score (nSPS) is 12.3. The molecule has 0 fully saturated rings. The standard InChI is InChI=1S/C32H18N8.4C15H16O.Bi.H/c1-2-10-18-17(9-1)25-33-26(18)38-28-21-13-5-6-14-22(21)30(35-28)40-32-24-16-8-7-15-23(24)31(36-32)39-29-20-12-4-3-11-19(20)27(34-29)37-25;4*1-15(2,12-8-4-3-5-9-12)13-10-6-7-11-14(13)16;;/h1-16H,(H2,33,34,35,36,37,38,39,40);4*3-11,16H,1-2H3;;/q;;;;;+4;/p-4. The van der Waals surface area contributed by atoms with Crippen molar-refractivity contribution in [3.8, 4) is 68.5 Å². The summed E-state index contributed by atoms with van der Waals surface area (Å²) in [5.74, 6) is 4.95. The number of hydrogen-bond donors (Lipinski definition) is 2. The Morgan fingerprint density at radius 3 is 0.638 bits per heavy atom. The predicted octanol–water partition coefficient (Wildman–Crippen LogP) is 21.6. The monoisotopic (exact) mass is 1570 g/mol. The molecule has 105 heavy (non-hydrogen) atoms. The third-order valence-electron chi connectivity index (χ3n) is 20.6. The van der Waals surface area contributed by atoms with Gasteiger partial charge >= 0.3 is 396 Å². The Hall–Kier alpha value is -11.9. The van der Waals surface area contributed by atoms with Crippen LogP contribution in [0.4, 0.5) is 0 Å². The smallest absolute Gasteiger partial charge is 0.164 e. The minimum Gasteiger partial charge on any atom is -0.324 e. The van der Waals surface area contributed by atoms with Crippen LogP contribution < -0.4 is 11.3 Å². The molecule has 12 nitrogen and oxygen atoms in total. The van der Waals surface area contributed by atoms with Crippen molar-refractivity contribution in [2.75, 3.05) is 0 Å². The van der Waals surface area contributed by atoms with Crippen LogP contribution >= 0.6 is 0 Å². The Kier molecular flexibility index (Phi) is 17.8. The van der Waals surface area contributed by atoms with Gasteiger partial charge in [0.1, 0.15) is 22.6 Å². The van der Waals surface area contributed by atoms with Crippen molar-refractivity contribution in [1.82, 2.24) is 39.9 Å². The van der Waals surface area contributed by atoms with Crippen LogP contribution in [0.3, 0.4) is 0 Å². The van der Waals surface area contributed by atoms with Gasteiger partial charge in [0, 0.05) is 43.8 Å². The Morgan fingerprint density at radius 2 is 0.410 bits per heavy atom. The number of fused-ring (bicyclic) bond motifs is 20. The van der Waals surface area contributed by atoms with E-state index in [9.17, 15) is 0 Å². The van der Waals surface area contributed by atoms with E-state index in [0.29, 0.717) is 68.9 Å². The van der Waals surface area contributed by atoms with E-state index in [0.717, 1.165) is 88.3 Å². The number of aromatic amines is 2. The van der Waals surface area contributed by atoms with E-state index < -0.39 is 43.7 Å². The van der Waals surface area contributed by atoms with Gasteiger partial charge in [-0.1, -0.05) is 97.1 Å². The molecule has 5 heterocycles. The first kappa shape index (κ1) is 67.6. The Labute approximate surface area is 618 Å². The molecule has 0 saturated carbocycles. The zero-order valence-electron chi connectivity index (χ0n) is 59.8. The summed E-state index contributed by atoms with van der Waals surface area (Å²) >= 11 is -6.01. The third kappa shape index (κ3) is 13.0. The van der Waals surface area contributed by atoms with E-state index in [2.05, 4.69) is 235 Å². The molecule has 2 aliphatic rings. The van der Waals surface area contributed by atoms with Crippen LogP contribution in [-0.2, 0) is 21.7 Å². The SMILES string of the molecule is CC(C)(c1ccccc1)c1ccccc1[O][BiH]([O]c1ccccc1C(C)(C)c1ccccc1)([O]c1ccccc1C(C)(C)c1ccccc1)[O]c1ccccc1C(C)(C)c1ccccc1.c1ccc2c(c1)-c1nc-2nc2[nH]c(nc3nc(nc4[nH]c(n1)c1ccccc41)-c1ccccc1-3)c1ccccc21. The predicted molar refractivity (Wildman–Crippen MR) is 426 cm³/mol. The average molecular weight is 1570 g/mol. The Balaban J connectivity index is 0.000000179. The summed E-state index contributed by atoms with van der Waals surface area (Å²) in [6.07, 6.45) is 0. The van der Waals surface area contributed by atoms with Crippen molar-refractivity contribution in [3.63, 3.8) is 0 Å². The molecule has 516 valence electrons. The van der Waals surface area contributed by atoms with E-state index in [1.54, 1.807) is 0 Å². The maximum Gasteiger partial charge on any atom is 0.164 e. The molecule has 15 aromatic rings. The molecule has 2 N–H and O–H groups in total. The van der Waals surface area contributed by atoms with Gasteiger partial charge in [0.2, 0.25) is 0 Å². The van der Waals surface area contributed by atoms with Crippen molar-refractivity contribution in [2.45, 2.75) is 77.0 Å². The maximum atomic E-state index is 7.73. The van der Waals surface area contributed by atoms with Gasteiger partial charge in [0.15, 0.2) is 23.3 Å². The number of benzene rings is 12. The van der Waals surface area contributed by atoms with Gasteiger partial charge in [-0.15, -0.1) is 0 Å². The van der Waals surface area contributed by atoms with Gasteiger partial charge < -0.3 is 9.97 Å². The van der Waals surface area contributed by atoms with Crippen LogP contribution in [0.5, 0.6) is 23.0 Å². The fourth-order valence-corrected chi connectivity index (χ4v) is 22.5. The molecule has 0 saturated heterocycles. The number of rotatable bonds is 16. The summed E-state index contributed by atoms with van der Waals surface area (Å²) in [5.41, 5.74) is 13.1. The maximum absolute atomic E-state index is 7.73. The molecule has 8 bridgehead atoms. The minimum absolute atomic E-state index is 0.467. The van der Waals surface area contributed by atoms with Gasteiger partial charge in [-0.2, -0.15) is 0 Å². The van der Waals surface area contributed by atoms with Crippen molar-refractivity contribution in [3.05, 3.63) is 360 Å². The van der Waals surface area contributed by atoms with E-state index in [-0.39, 0.29) is 0 Å². The number of H-pyrrole nitrogens is 2. The van der Waals surface area contributed by atoms with E-state index in [4.69, 9.17) is 41.2 Å². The molecule has 12 aromatic carbocycles. The van der Waals surface area contributed by atoms with E-state index >= 15 is 0 Å². The number of hydrogen-bond acceptors (Lipinski definition) is 10. The van der Waals surface area contributed by atoms with Crippen molar-refractivity contribution in [2.24, 2.45) is 0 Å². The molecular formula is C92H79BiN8O4. The largest absolute Gasteiger partial charge is 0.324 e. The first-order valence-corrected chi connectivity index (χ1v) is 41.9. The topological polar surface area (TPSA) is 146 Å². The second-order valence-electron chi connectivity index (χ2n) is 28.6. The molecule has 0 unspecified atom stereocenters. The first-order valence-electron chi connectivity index (χ1n) is 35.6. The van der Waals surface area contributed by atoms with Crippen LogP contribution in [0, 0.1) is 0 Å². The molecule has 3 aromatic heterocycles. The van der Waals surface area contributed by atoms with Crippen LogP contribution in [0.2, 0.25) is 0 Å². The Morgan fingerprint density at radius 1 is 0.219 bits per heavy atom. The van der Waals surface area contributed by atoms with Crippen molar-refractivity contribution < 1.29 is 11.3 Å². The summed E-state index contributed by atoms with van der Waals surface area (Å²) in [6, 6.07) is 108. The van der Waals surface area contributed by atoms with Gasteiger partial charge in [-0.05, 0) is 0 Å². The molecule has 0 atom stereocenters. The molecule has 0 amide bonds. The summed E-state index contributed by atoms with van der Waals surface area (Å²) in [6.45, 7) is 17.9. The zero-order valence-corrected chi connectivity index (χ0v) is 63.7. The van der Waals surface area contributed by atoms with Crippen LogP contribution in [-0.4, -0.2) is 61.9 Å².